The zero-order valence-corrected chi connectivity index (χ0v) is 13.9. The number of nitrogens with two attached hydrogens (primary N) is 1. The maximum absolute atomic E-state index is 12.8. The Morgan fingerprint density at radius 2 is 1.88 bits per heavy atom. The minimum absolute atomic E-state index is 0.00186. The summed E-state index contributed by atoms with van der Waals surface area (Å²) in [7, 11) is 0. The molecule has 5 nitrogen and oxygen atoms in total. The first-order chi connectivity index (χ1) is 11.6. The van der Waals surface area contributed by atoms with Gasteiger partial charge in [0, 0.05) is 48.2 Å². The summed E-state index contributed by atoms with van der Waals surface area (Å²) in [6.45, 7) is 3.43. The van der Waals surface area contributed by atoms with Crippen LogP contribution in [0.2, 0.25) is 0 Å². The van der Waals surface area contributed by atoms with Crippen molar-refractivity contribution < 1.29 is 9.59 Å². The summed E-state index contributed by atoms with van der Waals surface area (Å²) in [6.07, 6.45) is 5.34. The van der Waals surface area contributed by atoms with Crippen LogP contribution < -0.4 is 5.73 Å². The monoisotopic (exact) mass is 325 g/mol. The molecule has 0 bridgehead atoms. The highest BCUT2D eigenvalue weighted by Gasteiger charge is 2.29. The smallest absolute Gasteiger partial charge is 0.254 e. The molecule has 0 saturated carbocycles. The van der Waals surface area contributed by atoms with Gasteiger partial charge in [0.2, 0.25) is 0 Å². The van der Waals surface area contributed by atoms with Crippen LogP contribution in [-0.4, -0.2) is 40.7 Å². The Morgan fingerprint density at radius 3 is 2.50 bits per heavy atom. The van der Waals surface area contributed by atoms with Crippen molar-refractivity contribution in [3.8, 4) is 0 Å². The minimum atomic E-state index is -0.0538. The number of rotatable bonds is 4. The number of ketones is 1. The Labute approximate surface area is 141 Å². The van der Waals surface area contributed by atoms with Crippen molar-refractivity contribution in [3.05, 3.63) is 59.4 Å². The molecule has 1 fully saturated rings. The van der Waals surface area contributed by atoms with Gasteiger partial charge >= 0.3 is 0 Å². The zero-order valence-electron chi connectivity index (χ0n) is 13.9. The average Bonchev–Trinajstić information content (AvgIpc) is 3.15. The van der Waals surface area contributed by atoms with Gasteiger partial charge in [0.1, 0.15) is 0 Å². The van der Waals surface area contributed by atoms with Crippen molar-refractivity contribution >= 4 is 11.7 Å². The van der Waals surface area contributed by atoms with Crippen LogP contribution in [0.1, 0.15) is 46.0 Å². The first-order valence-corrected chi connectivity index (χ1v) is 8.38. The fourth-order valence-corrected chi connectivity index (χ4v) is 3.30. The van der Waals surface area contributed by atoms with Crippen LogP contribution in [0, 0.1) is 5.92 Å². The van der Waals surface area contributed by atoms with Gasteiger partial charge in [0.15, 0.2) is 5.78 Å². The summed E-state index contributed by atoms with van der Waals surface area (Å²) in [6, 6.07) is 8.73. The van der Waals surface area contributed by atoms with E-state index in [-0.39, 0.29) is 17.7 Å². The summed E-state index contributed by atoms with van der Waals surface area (Å²) >= 11 is 0. The van der Waals surface area contributed by atoms with E-state index in [9.17, 15) is 9.59 Å². The van der Waals surface area contributed by atoms with Crippen molar-refractivity contribution in [3.63, 3.8) is 0 Å². The lowest BCUT2D eigenvalue weighted by Crippen LogP contribution is -2.49. The molecule has 2 heterocycles. The Bertz CT molecular complexity index is 707. The summed E-state index contributed by atoms with van der Waals surface area (Å²) < 4.78 is 0. The fraction of sp³-hybridized carbons (Fsp3) is 0.368. The molecule has 2 aromatic rings. The Balaban J connectivity index is 1.75. The molecule has 1 aromatic carbocycles. The van der Waals surface area contributed by atoms with Gasteiger partial charge in [-0.1, -0.05) is 19.1 Å². The van der Waals surface area contributed by atoms with E-state index in [1.54, 1.807) is 42.7 Å². The van der Waals surface area contributed by atoms with Gasteiger partial charge < -0.3 is 15.6 Å². The number of nitrogens with zero attached hydrogens (tertiary/aromatic N) is 1. The largest absolute Gasteiger partial charge is 0.367 e. The molecule has 1 saturated heterocycles. The molecule has 24 heavy (non-hydrogen) atoms. The van der Waals surface area contributed by atoms with Crippen LogP contribution in [0.15, 0.2) is 42.7 Å². The van der Waals surface area contributed by atoms with Crippen molar-refractivity contribution in [1.29, 1.82) is 0 Å². The van der Waals surface area contributed by atoms with Gasteiger partial charge in [0.25, 0.3) is 5.91 Å². The summed E-state index contributed by atoms with van der Waals surface area (Å²) in [5.74, 6) is 0.545. The van der Waals surface area contributed by atoms with Gasteiger partial charge in [-0.15, -0.1) is 0 Å². The second kappa shape index (κ2) is 7.01. The summed E-state index contributed by atoms with van der Waals surface area (Å²) in [5, 5.41) is 0. The van der Waals surface area contributed by atoms with E-state index in [0.717, 1.165) is 19.4 Å². The number of aromatic nitrogens is 1. The van der Waals surface area contributed by atoms with E-state index in [4.69, 9.17) is 5.73 Å². The minimum Gasteiger partial charge on any atom is -0.367 e. The molecule has 1 aliphatic rings. The summed E-state index contributed by atoms with van der Waals surface area (Å²) in [5.41, 5.74) is 7.64. The Kier molecular flexibility index (Phi) is 4.81. The molecule has 5 heteroatoms. The molecule has 0 spiro atoms. The molecule has 1 amide bonds. The Morgan fingerprint density at radius 1 is 1.17 bits per heavy atom. The molecule has 1 aliphatic heterocycles. The SMILES string of the molecule is CC1CCN(C(=O)c2ccc(C(=O)c3cc[nH]c3)cc2)C(CN)C1. The number of amides is 1. The second-order valence-electron chi connectivity index (χ2n) is 6.52. The lowest BCUT2D eigenvalue weighted by Gasteiger charge is -2.38. The third-order valence-corrected chi connectivity index (χ3v) is 4.77. The van der Waals surface area contributed by atoms with Crippen LogP contribution in [0.5, 0.6) is 0 Å². The number of H-pyrrole nitrogens is 1. The predicted octanol–water partition coefficient (Wildman–Crippen LogP) is 2.45. The van der Waals surface area contributed by atoms with Crippen molar-refractivity contribution in [1.82, 2.24) is 9.88 Å². The van der Waals surface area contributed by atoms with E-state index in [1.165, 1.54) is 0 Å². The van der Waals surface area contributed by atoms with E-state index in [0.29, 0.717) is 29.2 Å². The standard InChI is InChI=1S/C19H23N3O2/c1-13-7-9-22(17(10-13)11-20)19(24)15-4-2-14(3-5-15)18(23)16-6-8-21-12-16/h2-6,8,12-13,17,21H,7,9-11,20H2,1H3. The first kappa shape index (κ1) is 16.5. The van der Waals surface area contributed by atoms with Crippen LogP contribution in [0.4, 0.5) is 0 Å². The van der Waals surface area contributed by atoms with Gasteiger partial charge in [-0.3, -0.25) is 9.59 Å². The number of likely N-dealkylation sites (tertiary alicyclic amines) is 1. The normalized spacial score (nSPS) is 20.8. The number of carbonyl (C=O) groups excluding carboxylic acids is 2. The van der Waals surface area contributed by atoms with Gasteiger partial charge in [-0.2, -0.15) is 0 Å². The number of hydrogen-bond donors (Lipinski definition) is 2. The van der Waals surface area contributed by atoms with Crippen LogP contribution in [0.3, 0.4) is 0 Å². The second-order valence-corrected chi connectivity index (χ2v) is 6.52. The molecule has 1 aromatic heterocycles. The lowest BCUT2D eigenvalue weighted by atomic mass is 9.91. The van der Waals surface area contributed by atoms with E-state index < -0.39 is 0 Å². The zero-order chi connectivity index (χ0) is 17.1. The highest BCUT2D eigenvalue weighted by molar-refractivity contribution is 6.09. The first-order valence-electron chi connectivity index (χ1n) is 8.38. The maximum Gasteiger partial charge on any atom is 0.254 e. The maximum atomic E-state index is 12.8. The van der Waals surface area contributed by atoms with Gasteiger partial charge in [-0.05, 0) is 37.0 Å². The average molecular weight is 325 g/mol. The van der Waals surface area contributed by atoms with E-state index in [1.807, 2.05) is 4.90 Å². The van der Waals surface area contributed by atoms with Crippen molar-refractivity contribution in [2.75, 3.05) is 13.1 Å². The molecule has 2 atom stereocenters. The molecule has 3 N–H and O–H groups in total. The fourth-order valence-electron chi connectivity index (χ4n) is 3.30. The lowest BCUT2D eigenvalue weighted by molar-refractivity contribution is 0.0573. The molecular weight excluding hydrogens is 302 g/mol. The van der Waals surface area contributed by atoms with Crippen LogP contribution in [0.25, 0.3) is 0 Å². The number of benzene rings is 1. The third kappa shape index (κ3) is 3.26. The number of nitrogens with one attached hydrogen (secondary N) is 1. The predicted molar refractivity (Wildman–Crippen MR) is 92.9 cm³/mol. The van der Waals surface area contributed by atoms with E-state index in [2.05, 4.69) is 11.9 Å². The molecule has 126 valence electrons. The molecule has 2 unspecified atom stereocenters. The molecule has 3 rings (SSSR count). The summed E-state index contributed by atoms with van der Waals surface area (Å²) in [4.78, 5) is 29.8. The van der Waals surface area contributed by atoms with Crippen LogP contribution >= 0.6 is 0 Å². The van der Waals surface area contributed by atoms with Gasteiger partial charge in [-0.25, -0.2) is 0 Å². The number of carbonyl (C=O) groups is 2. The molecular formula is C19H23N3O2. The van der Waals surface area contributed by atoms with Crippen molar-refractivity contribution in [2.24, 2.45) is 11.7 Å². The Hall–Kier alpha value is -2.40. The van der Waals surface area contributed by atoms with Gasteiger partial charge in [0.05, 0.1) is 0 Å². The number of aromatic amines is 1. The molecule has 0 radical (unpaired) electrons. The van der Waals surface area contributed by atoms with Crippen molar-refractivity contribution in [2.45, 2.75) is 25.8 Å². The van der Waals surface area contributed by atoms with Crippen LogP contribution in [-0.2, 0) is 0 Å². The number of piperidine rings is 1. The molecule has 0 aliphatic carbocycles. The van der Waals surface area contributed by atoms with E-state index >= 15 is 0 Å². The highest BCUT2D eigenvalue weighted by atomic mass is 16.2. The quantitative estimate of drug-likeness (QED) is 0.848. The topological polar surface area (TPSA) is 79.2 Å². The number of hydrogen-bond acceptors (Lipinski definition) is 3. The highest BCUT2D eigenvalue weighted by Crippen LogP contribution is 2.24. The third-order valence-electron chi connectivity index (χ3n) is 4.77.